The Labute approximate surface area is 194 Å². The summed E-state index contributed by atoms with van der Waals surface area (Å²) in [5.74, 6) is 5.88. The summed E-state index contributed by atoms with van der Waals surface area (Å²) < 4.78 is 54.0. The number of fused-ring (bicyclic) bond motifs is 1. The summed E-state index contributed by atoms with van der Waals surface area (Å²) in [7, 11) is -2.53. The number of methoxy groups -OCH3 is 1. The number of benzene rings is 2. The molecule has 1 fully saturated rings. The lowest BCUT2D eigenvalue weighted by atomic mass is 10.1. The summed E-state index contributed by atoms with van der Waals surface area (Å²) in [4.78, 5) is 12.8. The summed E-state index contributed by atoms with van der Waals surface area (Å²) >= 11 is 0. The Kier molecular flexibility index (Phi) is 5.34. The minimum Gasteiger partial charge on any atom is -0.495 e. The minimum absolute atomic E-state index is 0.0372. The van der Waals surface area contributed by atoms with Gasteiger partial charge in [0.25, 0.3) is 15.6 Å². The highest BCUT2D eigenvalue weighted by molar-refractivity contribution is 7.92. The summed E-state index contributed by atoms with van der Waals surface area (Å²) in [6, 6.07) is 11.1. The fourth-order valence-corrected chi connectivity index (χ4v) is 4.51. The van der Waals surface area contributed by atoms with Crippen molar-refractivity contribution >= 4 is 26.7 Å². The summed E-state index contributed by atoms with van der Waals surface area (Å²) in [5.41, 5.74) is 0.317. The van der Waals surface area contributed by atoms with Crippen LogP contribution in [-0.4, -0.2) is 25.3 Å². The van der Waals surface area contributed by atoms with E-state index in [1.165, 1.54) is 66.5 Å². The van der Waals surface area contributed by atoms with E-state index >= 15 is 0 Å². The lowest BCUT2D eigenvalue weighted by Gasteiger charge is -2.15. The zero-order valence-corrected chi connectivity index (χ0v) is 18.7. The van der Waals surface area contributed by atoms with Crippen LogP contribution in [0.4, 0.5) is 10.2 Å². The van der Waals surface area contributed by atoms with Crippen LogP contribution in [-0.2, 0) is 10.0 Å². The van der Waals surface area contributed by atoms with Crippen molar-refractivity contribution in [3.63, 3.8) is 0 Å². The molecule has 10 heteroatoms. The van der Waals surface area contributed by atoms with E-state index in [0.717, 1.165) is 12.8 Å². The molecule has 0 amide bonds. The van der Waals surface area contributed by atoms with E-state index in [1.54, 1.807) is 0 Å². The van der Waals surface area contributed by atoms with Crippen molar-refractivity contribution in [1.82, 2.24) is 9.72 Å². The third-order valence-corrected chi connectivity index (χ3v) is 6.70. The quantitative estimate of drug-likeness (QED) is 0.438. The second-order valence-electron chi connectivity index (χ2n) is 7.77. The van der Waals surface area contributed by atoms with E-state index in [9.17, 15) is 17.6 Å². The lowest BCUT2D eigenvalue weighted by Crippen LogP contribution is -2.19. The van der Waals surface area contributed by atoms with Gasteiger partial charge in [-0.05, 0) is 37.1 Å². The number of rotatable bonds is 5. The molecule has 0 spiro atoms. The molecule has 0 saturated heterocycles. The fourth-order valence-electron chi connectivity index (χ4n) is 3.49. The smallest absolute Gasteiger partial charge is 0.263 e. The molecule has 172 valence electrons. The molecular weight excluding hydrogens is 461 g/mol. The van der Waals surface area contributed by atoms with Crippen LogP contribution in [0.5, 0.6) is 5.75 Å². The molecule has 1 saturated carbocycles. The number of nitrogens with zero attached hydrogens (tertiary/aromatic N) is 2. The maximum Gasteiger partial charge on any atom is 0.263 e. The van der Waals surface area contributed by atoms with Crippen molar-refractivity contribution in [1.29, 1.82) is 0 Å². The van der Waals surface area contributed by atoms with Gasteiger partial charge in [-0.3, -0.25) is 14.1 Å². The van der Waals surface area contributed by atoms with Gasteiger partial charge in [-0.2, -0.15) is 0 Å². The molecule has 1 aliphatic rings. The van der Waals surface area contributed by atoms with Crippen molar-refractivity contribution in [2.75, 3.05) is 11.8 Å². The Morgan fingerprint density at radius 2 is 2.00 bits per heavy atom. The largest absolute Gasteiger partial charge is 0.495 e. The van der Waals surface area contributed by atoms with E-state index in [4.69, 9.17) is 4.74 Å². The van der Waals surface area contributed by atoms with E-state index in [0.29, 0.717) is 16.8 Å². The Morgan fingerprint density at radius 1 is 1.18 bits per heavy atom. The predicted octanol–water partition coefficient (Wildman–Crippen LogP) is 3.69. The molecule has 2 aromatic carbocycles. The van der Waals surface area contributed by atoms with E-state index in [1.807, 2.05) is 0 Å². The molecule has 5 rings (SSSR count). The van der Waals surface area contributed by atoms with E-state index < -0.39 is 21.4 Å². The van der Waals surface area contributed by atoms with E-state index in [2.05, 4.69) is 26.2 Å². The number of sulfonamides is 1. The van der Waals surface area contributed by atoms with Gasteiger partial charge in [0, 0.05) is 35.6 Å². The highest BCUT2D eigenvalue weighted by atomic mass is 32.2. The van der Waals surface area contributed by atoms with Crippen LogP contribution >= 0.6 is 0 Å². The average molecular weight is 479 g/mol. The van der Waals surface area contributed by atoms with Gasteiger partial charge in [-0.25, -0.2) is 12.8 Å². The molecular formula is C24H18FN3O5S. The molecule has 4 aromatic rings. The van der Waals surface area contributed by atoms with Crippen LogP contribution in [0, 0.1) is 23.6 Å². The van der Waals surface area contributed by atoms with Crippen molar-refractivity contribution in [2.45, 2.75) is 17.7 Å². The first-order valence-electron chi connectivity index (χ1n) is 10.3. The van der Waals surface area contributed by atoms with Gasteiger partial charge in [0.1, 0.15) is 17.8 Å². The molecule has 0 bridgehead atoms. The molecule has 1 N–H and O–H groups in total. The highest BCUT2D eigenvalue weighted by Crippen LogP contribution is 2.30. The third kappa shape index (κ3) is 4.13. The number of anilines is 1. The summed E-state index contributed by atoms with van der Waals surface area (Å²) in [5, 5.41) is 3.99. The number of pyridine rings is 1. The standard InChI is InChI=1S/C24H18FN3O5S/c1-32-22-13-16(5-4-15-2-3-15)19(25)14-21(22)28-20-8-7-18(12-17(20)6-9-24(28)29)34(30,31)27-23-10-11-33-26-23/h6-15H,2-3H2,1H3,(H,26,27). The lowest BCUT2D eigenvalue weighted by molar-refractivity contribution is 0.411. The van der Waals surface area contributed by atoms with Crippen molar-refractivity contribution in [3.8, 4) is 23.3 Å². The number of nitrogens with one attached hydrogen (secondary N) is 1. The zero-order chi connectivity index (χ0) is 23.9. The first-order chi connectivity index (χ1) is 16.4. The van der Waals surface area contributed by atoms with E-state index in [-0.39, 0.29) is 27.7 Å². The van der Waals surface area contributed by atoms with Crippen LogP contribution in [0.25, 0.3) is 16.6 Å². The van der Waals surface area contributed by atoms with Gasteiger partial charge >= 0.3 is 0 Å². The molecule has 0 aliphatic heterocycles. The Balaban J connectivity index is 1.62. The van der Waals surface area contributed by atoms with Crippen LogP contribution < -0.4 is 15.0 Å². The average Bonchev–Trinajstić information content (AvgIpc) is 3.52. The van der Waals surface area contributed by atoms with Crippen molar-refractivity contribution in [2.24, 2.45) is 5.92 Å². The fraction of sp³-hybridized carbons (Fsp3) is 0.167. The zero-order valence-electron chi connectivity index (χ0n) is 17.9. The van der Waals surface area contributed by atoms with Crippen LogP contribution in [0.3, 0.4) is 0 Å². The van der Waals surface area contributed by atoms with Crippen LogP contribution in [0.2, 0.25) is 0 Å². The molecule has 1 aliphatic carbocycles. The van der Waals surface area contributed by atoms with Crippen molar-refractivity contribution < 1.29 is 22.1 Å². The molecule has 0 unspecified atom stereocenters. The number of hydrogen-bond donors (Lipinski definition) is 1. The van der Waals surface area contributed by atoms with Gasteiger partial charge in [0.15, 0.2) is 5.82 Å². The number of ether oxygens (including phenoxy) is 1. The highest BCUT2D eigenvalue weighted by Gasteiger charge is 2.20. The SMILES string of the molecule is COc1cc(C#CC2CC2)c(F)cc1-n1c(=O)ccc2cc(S(=O)(=O)Nc3ccon3)ccc21. The Bertz CT molecular complexity index is 1630. The Hall–Kier alpha value is -4.10. The first kappa shape index (κ1) is 21.7. The summed E-state index contributed by atoms with van der Waals surface area (Å²) in [6.07, 6.45) is 3.27. The predicted molar refractivity (Wildman–Crippen MR) is 123 cm³/mol. The normalized spacial score (nSPS) is 13.4. The number of aromatic nitrogens is 2. The number of halogens is 1. The third-order valence-electron chi connectivity index (χ3n) is 5.35. The maximum absolute atomic E-state index is 14.9. The second-order valence-corrected chi connectivity index (χ2v) is 9.45. The number of hydrogen-bond acceptors (Lipinski definition) is 6. The Morgan fingerprint density at radius 3 is 2.71 bits per heavy atom. The van der Waals surface area contributed by atoms with Crippen molar-refractivity contribution in [3.05, 3.63) is 76.5 Å². The van der Waals surface area contributed by atoms with Gasteiger partial charge in [0.2, 0.25) is 0 Å². The monoisotopic (exact) mass is 479 g/mol. The first-order valence-corrected chi connectivity index (χ1v) is 11.8. The molecule has 2 heterocycles. The van der Waals surface area contributed by atoms with Crippen LogP contribution in [0.15, 0.2) is 69.0 Å². The van der Waals surface area contributed by atoms with Gasteiger partial charge in [0.05, 0.1) is 28.8 Å². The van der Waals surface area contributed by atoms with Crippen LogP contribution in [0.1, 0.15) is 18.4 Å². The minimum atomic E-state index is -3.96. The maximum atomic E-state index is 14.9. The molecule has 2 aromatic heterocycles. The molecule has 8 nitrogen and oxygen atoms in total. The van der Waals surface area contributed by atoms with Gasteiger partial charge < -0.3 is 9.26 Å². The van der Waals surface area contributed by atoms with Gasteiger partial charge in [-0.15, -0.1) is 0 Å². The summed E-state index contributed by atoms with van der Waals surface area (Å²) in [6.45, 7) is 0. The second kappa shape index (κ2) is 8.35. The van der Waals surface area contributed by atoms with Gasteiger partial charge in [-0.1, -0.05) is 17.0 Å². The topological polar surface area (TPSA) is 103 Å². The molecule has 34 heavy (non-hydrogen) atoms. The molecule has 0 atom stereocenters. The molecule has 0 radical (unpaired) electrons.